The largest absolute Gasteiger partial charge is 0.422 e. The number of aryl methyl sites for hydroxylation is 1. The summed E-state index contributed by atoms with van der Waals surface area (Å²) in [7, 11) is 0. The zero-order valence-electron chi connectivity index (χ0n) is 20.8. The lowest BCUT2D eigenvalue weighted by Crippen LogP contribution is -2.40. The molecule has 0 aliphatic rings. The molecule has 3 aromatic carbocycles. The van der Waals surface area contributed by atoms with Crippen LogP contribution in [-0.4, -0.2) is 42.0 Å². The second kappa shape index (κ2) is 10.2. The van der Waals surface area contributed by atoms with E-state index in [0.29, 0.717) is 23.8 Å². The van der Waals surface area contributed by atoms with Gasteiger partial charge in [-0.05, 0) is 60.1 Å². The Morgan fingerprint density at radius 1 is 0.944 bits per heavy atom. The first kappa shape index (κ1) is 24.2. The van der Waals surface area contributed by atoms with Crippen molar-refractivity contribution < 1.29 is 9.21 Å². The van der Waals surface area contributed by atoms with Crippen LogP contribution in [0.4, 0.5) is 5.13 Å². The van der Waals surface area contributed by atoms with E-state index in [1.165, 1.54) is 16.9 Å². The Labute approximate surface area is 213 Å². The van der Waals surface area contributed by atoms with Crippen LogP contribution in [0.5, 0.6) is 0 Å². The fourth-order valence-electron chi connectivity index (χ4n) is 4.52. The fraction of sp³-hybridized carbons (Fsp3) is 0.276. The van der Waals surface area contributed by atoms with E-state index in [2.05, 4.69) is 37.8 Å². The first-order valence-corrected chi connectivity index (χ1v) is 13.2. The predicted octanol–water partition coefficient (Wildman–Crippen LogP) is 6.11. The van der Waals surface area contributed by atoms with Crippen molar-refractivity contribution in [3.05, 3.63) is 82.2 Å². The van der Waals surface area contributed by atoms with Crippen molar-refractivity contribution in [1.29, 1.82) is 0 Å². The van der Waals surface area contributed by atoms with Crippen LogP contribution in [0.1, 0.15) is 36.7 Å². The van der Waals surface area contributed by atoms with Gasteiger partial charge in [-0.2, -0.15) is 0 Å². The van der Waals surface area contributed by atoms with Gasteiger partial charge in [0.25, 0.3) is 5.91 Å². The number of amides is 1. The first-order valence-electron chi connectivity index (χ1n) is 12.4. The summed E-state index contributed by atoms with van der Waals surface area (Å²) in [4.78, 5) is 35.6. The Bertz CT molecular complexity index is 1620. The Balaban J connectivity index is 1.61. The summed E-state index contributed by atoms with van der Waals surface area (Å²) in [5.74, 6) is -0.388. The number of carbonyl (C=O) groups excluding carboxylic acids is 1. The quantitative estimate of drug-likeness (QED) is 0.190. The van der Waals surface area contributed by atoms with Crippen LogP contribution in [0.25, 0.3) is 32.0 Å². The molecule has 7 heteroatoms. The van der Waals surface area contributed by atoms with Gasteiger partial charge in [-0.3, -0.25) is 9.69 Å². The van der Waals surface area contributed by atoms with Crippen LogP contribution in [0.15, 0.2) is 69.9 Å². The summed E-state index contributed by atoms with van der Waals surface area (Å²) in [6, 6.07) is 19.5. The van der Waals surface area contributed by atoms with Gasteiger partial charge in [0.05, 0.1) is 10.2 Å². The standard InChI is InChI=1S/C29H29N3O3S/c1-4-19-11-13-24-26(17-19)36-29(30-24)32(16-15-31(5-2)6-3)27(33)23-18-22-21-10-8-7-9-20(21)12-14-25(22)35-28(23)34/h7-14,17-18H,4-6,15-16H2,1-3H3. The lowest BCUT2D eigenvalue weighted by atomic mass is 10.0. The molecule has 0 radical (unpaired) electrons. The molecule has 5 rings (SSSR count). The van der Waals surface area contributed by atoms with Crippen molar-refractivity contribution in [3.8, 4) is 0 Å². The van der Waals surface area contributed by atoms with Gasteiger partial charge >= 0.3 is 5.63 Å². The van der Waals surface area contributed by atoms with Gasteiger partial charge in [0, 0.05) is 18.5 Å². The van der Waals surface area contributed by atoms with E-state index >= 15 is 0 Å². The third kappa shape index (κ3) is 4.52. The molecule has 0 saturated carbocycles. The Kier molecular flexibility index (Phi) is 6.85. The minimum Gasteiger partial charge on any atom is -0.422 e. The minimum atomic E-state index is -0.634. The topological polar surface area (TPSA) is 66.7 Å². The molecule has 0 N–H and O–H groups in total. The molecule has 0 aliphatic heterocycles. The molecular formula is C29H29N3O3S. The minimum absolute atomic E-state index is 0.0203. The molecule has 5 aromatic rings. The highest BCUT2D eigenvalue weighted by Crippen LogP contribution is 2.31. The van der Waals surface area contributed by atoms with E-state index in [1.807, 2.05) is 36.4 Å². The highest BCUT2D eigenvalue weighted by atomic mass is 32.1. The average molecular weight is 500 g/mol. The van der Waals surface area contributed by atoms with Gasteiger partial charge in [0.2, 0.25) is 0 Å². The maximum Gasteiger partial charge on any atom is 0.349 e. The van der Waals surface area contributed by atoms with Gasteiger partial charge in [-0.25, -0.2) is 9.78 Å². The third-order valence-corrected chi connectivity index (χ3v) is 7.77. The molecule has 1 amide bonds. The maximum absolute atomic E-state index is 13.9. The van der Waals surface area contributed by atoms with Gasteiger partial charge in [0.1, 0.15) is 11.1 Å². The number of benzene rings is 3. The molecule has 2 aromatic heterocycles. The monoisotopic (exact) mass is 499 g/mol. The van der Waals surface area contributed by atoms with Crippen molar-refractivity contribution >= 4 is 54.3 Å². The van der Waals surface area contributed by atoms with Gasteiger partial charge in [-0.1, -0.05) is 68.5 Å². The summed E-state index contributed by atoms with van der Waals surface area (Å²) >= 11 is 1.48. The highest BCUT2D eigenvalue weighted by molar-refractivity contribution is 7.22. The molecule has 0 saturated heterocycles. The molecular weight excluding hydrogens is 470 g/mol. The maximum atomic E-state index is 13.9. The van der Waals surface area contributed by atoms with E-state index in [-0.39, 0.29) is 11.5 Å². The van der Waals surface area contributed by atoms with Crippen molar-refractivity contribution in [1.82, 2.24) is 9.88 Å². The molecule has 0 aliphatic carbocycles. The number of carbonyl (C=O) groups is 1. The summed E-state index contributed by atoms with van der Waals surface area (Å²) in [5, 5.41) is 3.30. The average Bonchev–Trinajstić information content (AvgIpc) is 3.33. The summed E-state index contributed by atoms with van der Waals surface area (Å²) in [5.41, 5.74) is 1.93. The van der Waals surface area contributed by atoms with E-state index in [1.54, 1.807) is 17.0 Å². The number of aromatic nitrogens is 1. The molecule has 2 heterocycles. The molecule has 0 spiro atoms. The second-order valence-electron chi connectivity index (χ2n) is 8.78. The summed E-state index contributed by atoms with van der Waals surface area (Å²) < 4.78 is 6.66. The predicted molar refractivity (Wildman–Crippen MR) is 148 cm³/mol. The molecule has 6 nitrogen and oxygen atoms in total. The summed E-state index contributed by atoms with van der Waals surface area (Å²) in [6.45, 7) is 9.17. The van der Waals surface area contributed by atoms with Crippen LogP contribution in [0, 0.1) is 0 Å². The molecule has 0 bridgehead atoms. The molecule has 0 atom stereocenters. The van der Waals surface area contributed by atoms with Crippen LogP contribution in [-0.2, 0) is 6.42 Å². The number of anilines is 1. The molecule has 36 heavy (non-hydrogen) atoms. The van der Waals surface area contributed by atoms with Crippen LogP contribution >= 0.6 is 11.3 Å². The molecule has 184 valence electrons. The second-order valence-corrected chi connectivity index (χ2v) is 9.79. The van der Waals surface area contributed by atoms with Crippen molar-refractivity contribution in [2.24, 2.45) is 0 Å². The molecule has 0 fully saturated rings. The van der Waals surface area contributed by atoms with E-state index in [0.717, 1.165) is 45.9 Å². The Morgan fingerprint density at radius 3 is 2.53 bits per heavy atom. The van der Waals surface area contributed by atoms with E-state index in [9.17, 15) is 9.59 Å². The van der Waals surface area contributed by atoms with Crippen molar-refractivity contribution in [2.45, 2.75) is 27.2 Å². The Hall–Kier alpha value is -3.55. The zero-order chi connectivity index (χ0) is 25.2. The highest BCUT2D eigenvalue weighted by Gasteiger charge is 2.25. The molecule has 0 unspecified atom stereocenters. The number of hydrogen-bond acceptors (Lipinski definition) is 6. The van der Waals surface area contributed by atoms with Gasteiger partial charge < -0.3 is 9.32 Å². The number of fused-ring (bicyclic) bond motifs is 4. The number of hydrogen-bond donors (Lipinski definition) is 0. The smallest absolute Gasteiger partial charge is 0.349 e. The summed E-state index contributed by atoms with van der Waals surface area (Å²) in [6.07, 6.45) is 0.930. The van der Waals surface area contributed by atoms with Crippen LogP contribution in [0.3, 0.4) is 0 Å². The van der Waals surface area contributed by atoms with Crippen molar-refractivity contribution in [3.63, 3.8) is 0 Å². The lowest BCUT2D eigenvalue weighted by molar-refractivity contribution is 0.0980. The van der Waals surface area contributed by atoms with Crippen LogP contribution < -0.4 is 10.5 Å². The zero-order valence-corrected chi connectivity index (χ0v) is 21.6. The van der Waals surface area contributed by atoms with Crippen LogP contribution in [0.2, 0.25) is 0 Å². The third-order valence-electron chi connectivity index (χ3n) is 6.73. The number of rotatable bonds is 8. The van der Waals surface area contributed by atoms with Crippen molar-refractivity contribution in [2.75, 3.05) is 31.1 Å². The Morgan fingerprint density at radius 2 is 1.75 bits per heavy atom. The van der Waals surface area contributed by atoms with E-state index in [4.69, 9.17) is 9.40 Å². The van der Waals surface area contributed by atoms with E-state index < -0.39 is 5.63 Å². The number of thiazole rings is 1. The van der Waals surface area contributed by atoms with Gasteiger partial charge in [-0.15, -0.1) is 0 Å². The fourth-order valence-corrected chi connectivity index (χ4v) is 5.58. The SMILES string of the molecule is CCc1ccc2nc(N(CCN(CC)CC)C(=O)c3cc4c(ccc5ccccc54)oc3=O)sc2c1. The first-order chi connectivity index (χ1) is 17.5. The number of nitrogens with zero attached hydrogens (tertiary/aromatic N) is 3. The lowest BCUT2D eigenvalue weighted by Gasteiger charge is -2.24. The number of likely N-dealkylation sites (N-methyl/N-ethyl adjacent to an activating group) is 1. The normalized spacial score (nSPS) is 11.7. The van der Waals surface area contributed by atoms with Gasteiger partial charge in [0.15, 0.2) is 5.13 Å².